The number of ether oxygens (including phenoxy) is 2. The van der Waals surface area contributed by atoms with Crippen LogP contribution in [0.4, 0.5) is 0 Å². The van der Waals surface area contributed by atoms with E-state index in [1.54, 1.807) is 31.2 Å². The van der Waals surface area contributed by atoms with Crippen LogP contribution >= 0.6 is 0 Å². The quantitative estimate of drug-likeness (QED) is 0.722. The third-order valence-corrected chi connectivity index (χ3v) is 3.35. The third-order valence-electron chi connectivity index (χ3n) is 3.35. The molecule has 2 unspecified atom stereocenters. The van der Waals surface area contributed by atoms with Crippen LogP contribution in [0.25, 0.3) is 0 Å². The van der Waals surface area contributed by atoms with Gasteiger partial charge in [0.15, 0.2) is 0 Å². The van der Waals surface area contributed by atoms with Crippen molar-refractivity contribution >= 4 is 11.9 Å². The van der Waals surface area contributed by atoms with Crippen LogP contribution in [-0.2, 0) is 14.3 Å². The van der Waals surface area contributed by atoms with Gasteiger partial charge in [-0.15, -0.1) is 0 Å². The highest BCUT2D eigenvalue weighted by molar-refractivity contribution is 5.89. The molecule has 0 bridgehead atoms. The number of benzene rings is 1. The van der Waals surface area contributed by atoms with Crippen molar-refractivity contribution in [3.8, 4) is 0 Å². The summed E-state index contributed by atoms with van der Waals surface area (Å²) in [5, 5.41) is 0. The van der Waals surface area contributed by atoms with E-state index in [2.05, 4.69) is 0 Å². The van der Waals surface area contributed by atoms with E-state index in [0.29, 0.717) is 18.6 Å². The Labute approximate surface area is 126 Å². The molecule has 0 aliphatic heterocycles. The van der Waals surface area contributed by atoms with E-state index in [0.717, 1.165) is 0 Å². The zero-order chi connectivity index (χ0) is 15.8. The van der Waals surface area contributed by atoms with E-state index >= 15 is 0 Å². The van der Waals surface area contributed by atoms with Crippen molar-refractivity contribution in [1.82, 2.24) is 0 Å². The Morgan fingerprint density at radius 3 is 2.19 bits per heavy atom. The van der Waals surface area contributed by atoms with Crippen LogP contribution in [0, 0.1) is 11.8 Å². The average molecular weight is 292 g/mol. The molecular formula is C17H24O4. The molecule has 21 heavy (non-hydrogen) atoms. The van der Waals surface area contributed by atoms with Crippen LogP contribution in [0.15, 0.2) is 30.3 Å². The number of hydrogen-bond acceptors (Lipinski definition) is 4. The standard InChI is InChI=1S/C17H24O4/c1-5-14(15(12(3)4)17(19)20-6-2)21-16(18)13-10-8-7-9-11-13/h7-12,14-15H,5-6H2,1-4H3. The lowest BCUT2D eigenvalue weighted by atomic mass is 9.89. The SMILES string of the molecule is CCOC(=O)C(C(C)C)C(CC)OC(=O)c1ccccc1. The Hall–Kier alpha value is -1.84. The minimum atomic E-state index is -0.475. The molecule has 0 saturated carbocycles. The van der Waals surface area contributed by atoms with Crippen LogP contribution in [0.2, 0.25) is 0 Å². The Bertz CT molecular complexity index is 453. The smallest absolute Gasteiger partial charge is 0.338 e. The molecule has 0 aliphatic carbocycles. The molecule has 0 aromatic heterocycles. The van der Waals surface area contributed by atoms with Crippen molar-refractivity contribution in [2.24, 2.45) is 11.8 Å². The molecule has 116 valence electrons. The van der Waals surface area contributed by atoms with Crippen LogP contribution in [-0.4, -0.2) is 24.6 Å². The van der Waals surface area contributed by atoms with Gasteiger partial charge >= 0.3 is 11.9 Å². The Balaban J connectivity index is 2.84. The molecule has 1 aromatic rings. The second-order valence-corrected chi connectivity index (χ2v) is 5.24. The third kappa shape index (κ3) is 4.88. The van der Waals surface area contributed by atoms with Gasteiger partial charge in [0.1, 0.15) is 6.10 Å². The monoisotopic (exact) mass is 292 g/mol. The predicted molar refractivity (Wildman–Crippen MR) is 80.9 cm³/mol. The average Bonchev–Trinajstić information content (AvgIpc) is 2.47. The summed E-state index contributed by atoms with van der Waals surface area (Å²) in [6, 6.07) is 8.79. The molecule has 2 atom stereocenters. The van der Waals surface area contributed by atoms with E-state index in [1.807, 2.05) is 26.8 Å². The maximum absolute atomic E-state index is 12.1. The number of hydrogen-bond donors (Lipinski definition) is 0. The fourth-order valence-corrected chi connectivity index (χ4v) is 2.28. The molecule has 0 fully saturated rings. The fourth-order valence-electron chi connectivity index (χ4n) is 2.28. The zero-order valence-corrected chi connectivity index (χ0v) is 13.2. The maximum atomic E-state index is 12.1. The summed E-state index contributed by atoms with van der Waals surface area (Å²) < 4.78 is 10.6. The lowest BCUT2D eigenvalue weighted by molar-refractivity contribution is -0.154. The van der Waals surface area contributed by atoms with E-state index < -0.39 is 18.0 Å². The van der Waals surface area contributed by atoms with E-state index in [1.165, 1.54) is 0 Å². The highest BCUT2D eigenvalue weighted by Gasteiger charge is 2.34. The summed E-state index contributed by atoms with van der Waals surface area (Å²) in [6.45, 7) is 7.86. The summed E-state index contributed by atoms with van der Waals surface area (Å²) in [5.41, 5.74) is 0.488. The van der Waals surface area contributed by atoms with Crippen LogP contribution in [0.1, 0.15) is 44.5 Å². The van der Waals surface area contributed by atoms with Gasteiger partial charge in [-0.25, -0.2) is 4.79 Å². The van der Waals surface area contributed by atoms with Gasteiger partial charge in [-0.3, -0.25) is 4.79 Å². The minimum absolute atomic E-state index is 0.0394. The molecule has 0 N–H and O–H groups in total. The van der Waals surface area contributed by atoms with Gasteiger partial charge in [0, 0.05) is 0 Å². The number of carbonyl (C=O) groups is 2. The maximum Gasteiger partial charge on any atom is 0.338 e. The summed E-state index contributed by atoms with van der Waals surface area (Å²) in [5.74, 6) is -1.11. The van der Waals surface area contributed by atoms with Gasteiger partial charge in [-0.1, -0.05) is 39.0 Å². The second-order valence-electron chi connectivity index (χ2n) is 5.24. The summed E-state index contributed by atoms with van der Waals surface area (Å²) >= 11 is 0. The van der Waals surface area contributed by atoms with E-state index in [4.69, 9.17) is 9.47 Å². The molecule has 1 aromatic carbocycles. The first kappa shape index (κ1) is 17.2. The Morgan fingerprint density at radius 2 is 1.71 bits per heavy atom. The lowest BCUT2D eigenvalue weighted by Gasteiger charge is -2.27. The van der Waals surface area contributed by atoms with Crippen LogP contribution in [0.3, 0.4) is 0 Å². The van der Waals surface area contributed by atoms with Crippen molar-refractivity contribution in [3.63, 3.8) is 0 Å². The van der Waals surface area contributed by atoms with Gasteiger partial charge in [-0.05, 0) is 31.4 Å². The minimum Gasteiger partial charge on any atom is -0.466 e. The van der Waals surface area contributed by atoms with Crippen molar-refractivity contribution < 1.29 is 19.1 Å². The summed E-state index contributed by atoms with van der Waals surface area (Å²) in [7, 11) is 0. The van der Waals surface area contributed by atoms with Gasteiger partial charge < -0.3 is 9.47 Å². The van der Waals surface area contributed by atoms with Crippen LogP contribution in [0.5, 0.6) is 0 Å². The van der Waals surface area contributed by atoms with Crippen LogP contribution < -0.4 is 0 Å². The molecule has 0 aliphatic rings. The molecule has 4 heteroatoms. The topological polar surface area (TPSA) is 52.6 Å². The molecule has 1 rings (SSSR count). The highest BCUT2D eigenvalue weighted by atomic mass is 16.6. The molecule has 0 amide bonds. The summed E-state index contributed by atoms with van der Waals surface area (Å²) in [4.78, 5) is 24.2. The van der Waals surface area contributed by atoms with Crippen molar-refractivity contribution in [1.29, 1.82) is 0 Å². The normalized spacial score (nSPS) is 13.6. The van der Waals surface area contributed by atoms with E-state index in [9.17, 15) is 9.59 Å². The summed E-state index contributed by atoms with van der Waals surface area (Å²) in [6.07, 6.45) is 0.0945. The predicted octanol–water partition coefficient (Wildman–Crippen LogP) is 3.46. The largest absolute Gasteiger partial charge is 0.466 e. The zero-order valence-electron chi connectivity index (χ0n) is 13.2. The lowest BCUT2D eigenvalue weighted by Crippen LogP contribution is -2.37. The molecular weight excluding hydrogens is 268 g/mol. The molecule has 0 heterocycles. The molecule has 0 saturated heterocycles. The number of esters is 2. The first-order valence-electron chi connectivity index (χ1n) is 7.43. The van der Waals surface area contributed by atoms with Crippen molar-refractivity contribution in [3.05, 3.63) is 35.9 Å². The first-order chi connectivity index (χ1) is 10.0. The number of carbonyl (C=O) groups excluding carboxylic acids is 2. The number of rotatable bonds is 7. The molecule has 0 radical (unpaired) electrons. The second kappa shape index (κ2) is 8.45. The van der Waals surface area contributed by atoms with Gasteiger partial charge in [-0.2, -0.15) is 0 Å². The Morgan fingerprint density at radius 1 is 1.10 bits per heavy atom. The van der Waals surface area contributed by atoms with Crippen molar-refractivity contribution in [2.75, 3.05) is 6.61 Å². The van der Waals surface area contributed by atoms with E-state index in [-0.39, 0.29) is 11.9 Å². The van der Waals surface area contributed by atoms with Crippen molar-refractivity contribution in [2.45, 2.75) is 40.2 Å². The first-order valence-corrected chi connectivity index (χ1v) is 7.43. The highest BCUT2D eigenvalue weighted by Crippen LogP contribution is 2.23. The molecule has 4 nitrogen and oxygen atoms in total. The van der Waals surface area contributed by atoms with Gasteiger partial charge in [0.25, 0.3) is 0 Å². The Kier molecular flexibility index (Phi) is 6.92. The fraction of sp³-hybridized carbons (Fsp3) is 0.529. The van der Waals surface area contributed by atoms with Gasteiger partial charge in [0.05, 0.1) is 18.1 Å². The molecule has 0 spiro atoms. The van der Waals surface area contributed by atoms with Gasteiger partial charge in [0.2, 0.25) is 0 Å².